The summed E-state index contributed by atoms with van der Waals surface area (Å²) >= 11 is 3.29. The molecule has 0 saturated carbocycles. The molecule has 1 aromatic heterocycles. The maximum Gasteiger partial charge on any atom is 0.336 e. The molecule has 1 N–H and O–H groups in total. The highest BCUT2D eigenvalue weighted by molar-refractivity contribution is 9.10. The zero-order chi connectivity index (χ0) is 15.7. The molecule has 5 heteroatoms. The molecule has 0 aliphatic carbocycles. The minimum Gasteiger partial charge on any atom is -0.507 e. The summed E-state index contributed by atoms with van der Waals surface area (Å²) in [7, 11) is 0. The summed E-state index contributed by atoms with van der Waals surface area (Å²) in [6, 6.07) is 12.0. The van der Waals surface area contributed by atoms with E-state index in [-0.39, 0.29) is 11.4 Å². The van der Waals surface area contributed by atoms with Crippen LogP contribution >= 0.6 is 15.9 Å². The molecule has 0 spiro atoms. The van der Waals surface area contributed by atoms with Crippen LogP contribution in [-0.2, 0) is 0 Å². The summed E-state index contributed by atoms with van der Waals surface area (Å²) in [6.45, 7) is 1.86. The predicted molar refractivity (Wildman–Crippen MR) is 90.3 cm³/mol. The summed E-state index contributed by atoms with van der Waals surface area (Å²) in [6.07, 6.45) is 1.57. The van der Waals surface area contributed by atoms with Crippen molar-refractivity contribution in [3.05, 3.63) is 68.5 Å². The minimum atomic E-state index is -0.378. The van der Waals surface area contributed by atoms with Gasteiger partial charge in [0.25, 0.3) is 0 Å². The van der Waals surface area contributed by atoms with Crippen LogP contribution in [0.15, 0.2) is 61.1 Å². The standard InChI is InChI=1S/C17H12BrNO3/c1-10-6-17(21)22-16-8-13(4-5-14(10)16)19-9-11-2-3-12(18)7-15(11)20/h2-9,20H,1H3. The second-order valence-electron chi connectivity index (χ2n) is 4.89. The van der Waals surface area contributed by atoms with Gasteiger partial charge in [0.15, 0.2) is 0 Å². The van der Waals surface area contributed by atoms with Crippen LogP contribution in [0.3, 0.4) is 0 Å². The lowest BCUT2D eigenvalue weighted by Gasteiger charge is -2.02. The van der Waals surface area contributed by atoms with Crippen LogP contribution < -0.4 is 5.63 Å². The second kappa shape index (κ2) is 5.77. The van der Waals surface area contributed by atoms with E-state index in [9.17, 15) is 9.90 Å². The van der Waals surface area contributed by atoms with Crippen LogP contribution in [0.25, 0.3) is 11.0 Å². The van der Waals surface area contributed by atoms with E-state index in [1.165, 1.54) is 6.07 Å². The lowest BCUT2D eigenvalue weighted by atomic mass is 10.1. The lowest BCUT2D eigenvalue weighted by molar-refractivity contribution is 0.474. The van der Waals surface area contributed by atoms with E-state index >= 15 is 0 Å². The van der Waals surface area contributed by atoms with Crippen LogP contribution in [0.2, 0.25) is 0 Å². The Balaban J connectivity index is 2.00. The van der Waals surface area contributed by atoms with Crippen molar-refractivity contribution < 1.29 is 9.52 Å². The van der Waals surface area contributed by atoms with Crippen LogP contribution in [0.4, 0.5) is 5.69 Å². The Morgan fingerprint density at radius 3 is 2.77 bits per heavy atom. The Kier molecular flexibility index (Phi) is 3.81. The number of hydrogen-bond donors (Lipinski definition) is 1. The van der Waals surface area contributed by atoms with Gasteiger partial charge < -0.3 is 9.52 Å². The Bertz CT molecular complexity index is 944. The summed E-state index contributed by atoms with van der Waals surface area (Å²) in [5.74, 6) is 0.140. The van der Waals surface area contributed by atoms with Crippen LogP contribution in [-0.4, -0.2) is 11.3 Å². The summed E-state index contributed by atoms with van der Waals surface area (Å²) < 4.78 is 5.99. The van der Waals surface area contributed by atoms with Gasteiger partial charge in [0.1, 0.15) is 11.3 Å². The fourth-order valence-electron chi connectivity index (χ4n) is 2.16. The predicted octanol–water partition coefficient (Wildman–Crippen LogP) is 4.32. The van der Waals surface area contributed by atoms with Gasteiger partial charge >= 0.3 is 5.63 Å². The topological polar surface area (TPSA) is 62.8 Å². The Labute approximate surface area is 134 Å². The number of aliphatic imine (C=N–C) groups is 1. The van der Waals surface area contributed by atoms with E-state index in [1.807, 2.05) is 25.1 Å². The normalized spacial score (nSPS) is 11.4. The van der Waals surface area contributed by atoms with E-state index in [0.717, 1.165) is 15.4 Å². The van der Waals surface area contributed by atoms with Crippen molar-refractivity contribution >= 4 is 38.8 Å². The fourth-order valence-corrected chi connectivity index (χ4v) is 2.51. The largest absolute Gasteiger partial charge is 0.507 e. The van der Waals surface area contributed by atoms with Crippen molar-refractivity contribution in [2.45, 2.75) is 6.92 Å². The van der Waals surface area contributed by atoms with Gasteiger partial charge in [0.2, 0.25) is 0 Å². The van der Waals surface area contributed by atoms with Gasteiger partial charge in [-0.05, 0) is 42.8 Å². The number of fused-ring (bicyclic) bond motifs is 1. The molecular weight excluding hydrogens is 346 g/mol. The molecule has 3 rings (SSSR count). The number of phenolic OH excluding ortho intramolecular Hbond substituents is 1. The SMILES string of the molecule is Cc1cc(=O)oc2cc(N=Cc3ccc(Br)cc3O)ccc12. The van der Waals surface area contributed by atoms with Crippen molar-refractivity contribution in [1.82, 2.24) is 0 Å². The maximum atomic E-state index is 11.4. The van der Waals surface area contributed by atoms with Gasteiger partial charge in [0.05, 0.1) is 5.69 Å². The fraction of sp³-hybridized carbons (Fsp3) is 0.0588. The first-order valence-corrected chi connectivity index (χ1v) is 7.39. The monoisotopic (exact) mass is 357 g/mol. The molecule has 0 atom stereocenters. The van der Waals surface area contributed by atoms with E-state index in [4.69, 9.17) is 4.42 Å². The molecule has 0 fully saturated rings. The van der Waals surface area contributed by atoms with Crippen molar-refractivity contribution in [2.24, 2.45) is 4.99 Å². The number of rotatable bonds is 2. The lowest BCUT2D eigenvalue weighted by Crippen LogP contribution is -1.97. The van der Waals surface area contributed by atoms with Crippen LogP contribution in [0.1, 0.15) is 11.1 Å². The van der Waals surface area contributed by atoms with Crippen LogP contribution in [0, 0.1) is 6.92 Å². The minimum absolute atomic E-state index is 0.140. The van der Waals surface area contributed by atoms with Gasteiger partial charge in [-0.1, -0.05) is 15.9 Å². The highest BCUT2D eigenvalue weighted by atomic mass is 79.9. The van der Waals surface area contributed by atoms with Gasteiger partial charge in [0, 0.05) is 33.8 Å². The molecule has 3 aromatic rings. The van der Waals surface area contributed by atoms with E-state index in [2.05, 4.69) is 20.9 Å². The van der Waals surface area contributed by atoms with E-state index < -0.39 is 0 Å². The molecule has 0 aliphatic rings. The van der Waals surface area contributed by atoms with Crippen LogP contribution in [0.5, 0.6) is 5.75 Å². The highest BCUT2D eigenvalue weighted by Gasteiger charge is 2.03. The average Bonchev–Trinajstić information content (AvgIpc) is 2.45. The summed E-state index contributed by atoms with van der Waals surface area (Å²) in [4.78, 5) is 15.7. The third-order valence-corrected chi connectivity index (χ3v) is 3.77. The number of nitrogens with zero attached hydrogens (tertiary/aromatic N) is 1. The van der Waals surface area contributed by atoms with Crippen molar-refractivity contribution in [1.29, 1.82) is 0 Å². The molecule has 4 nitrogen and oxygen atoms in total. The first kappa shape index (κ1) is 14.5. The first-order chi connectivity index (χ1) is 10.5. The number of halogens is 1. The maximum absolute atomic E-state index is 11.4. The number of aryl methyl sites for hydroxylation is 1. The first-order valence-electron chi connectivity index (χ1n) is 6.60. The van der Waals surface area contributed by atoms with Gasteiger partial charge in [-0.25, -0.2) is 4.79 Å². The smallest absolute Gasteiger partial charge is 0.336 e. The molecule has 0 bridgehead atoms. The average molecular weight is 358 g/mol. The van der Waals surface area contributed by atoms with Crippen molar-refractivity contribution in [3.8, 4) is 5.75 Å². The Morgan fingerprint density at radius 1 is 1.18 bits per heavy atom. The molecule has 0 amide bonds. The summed E-state index contributed by atoms with van der Waals surface area (Å²) in [5.41, 5.74) is 2.24. The third kappa shape index (κ3) is 2.94. The molecule has 0 saturated heterocycles. The Morgan fingerprint density at radius 2 is 2.00 bits per heavy atom. The van der Waals surface area contributed by atoms with Crippen molar-refractivity contribution in [3.63, 3.8) is 0 Å². The molecule has 22 heavy (non-hydrogen) atoms. The van der Waals surface area contributed by atoms with Gasteiger partial charge in [-0.2, -0.15) is 0 Å². The second-order valence-corrected chi connectivity index (χ2v) is 5.81. The third-order valence-electron chi connectivity index (χ3n) is 3.28. The molecule has 0 radical (unpaired) electrons. The molecular formula is C17H12BrNO3. The number of benzene rings is 2. The molecule has 1 heterocycles. The van der Waals surface area contributed by atoms with Gasteiger partial charge in [-0.15, -0.1) is 0 Å². The quantitative estimate of drug-likeness (QED) is 0.548. The highest BCUT2D eigenvalue weighted by Crippen LogP contribution is 2.24. The molecule has 0 aliphatic heterocycles. The molecule has 110 valence electrons. The van der Waals surface area contributed by atoms with Gasteiger partial charge in [-0.3, -0.25) is 4.99 Å². The zero-order valence-electron chi connectivity index (χ0n) is 11.7. The zero-order valence-corrected chi connectivity index (χ0v) is 13.3. The van der Waals surface area contributed by atoms with E-state index in [0.29, 0.717) is 16.8 Å². The molecule has 2 aromatic carbocycles. The Hall–Kier alpha value is -2.40. The number of aromatic hydroxyl groups is 1. The number of phenols is 1. The number of hydrogen-bond acceptors (Lipinski definition) is 4. The summed E-state index contributed by atoms with van der Waals surface area (Å²) in [5, 5.41) is 10.7. The van der Waals surface area contributed by atoms with E-state index in [1.54, 1.807) is 24.4 Å². The van der Waals surface area contributed by atoms with Crippen molar-refractivity contribution in [2.75, 3.05) is 0 Å². The molecule has 0 unspecified atom stereocenters.